The standard InChI is InChI=1S/C12H17NO4/c1-2-3-4-5-6-11(14)13-7-8-17-10(9-13)12(15)16/h1,10H,3-9H2,(H,15,16). The van der Waals surface area contributed by atoms with E-state index < -0.39 is 12.1 Å². The molecule has 0 aliphatic carbocycles. The minimum Gasteiger partial charge on any atom is -0.479 e. The first kappa shape index (κ1) is 13.5. The first-order valence-electron chi connectivity index (χ1n) is 5.71. The first-order valence-corrected chi connectivity index (χ1v) is 5.71. The van der Waals surface area contributed by atoms with Crippen molar-refractivity contribution in [1.82, 2.24) is 4.90 Å². The second kappa shape index (κ2) is 6.92. The molecule has 0 aromatic heterocycles. The fraction of sp³-hybridized carbons (Fsp3) is 0.667. The van der Waals surface area contributed by atoms with Gasteiger partial charge in [0.15, 0.2) is 6.10 Å². The van der Waals surface area contributed by atoms with Crippen molar-refractivity contribution in [2.45, 2.75) is 31.8 Å². The third kappa shape index (κ3) is 4.45. The van der Waals surface area contributed by atoms with Gasteiger partial charge in [-0.15, -0.1) is 12.3 Å². The zero-order chi connectivity index (χ0) is 12.7. The molecule has 1 aliphatic rings. The Hall–Kier alpha value is -1.54. The summed E-state index contributed by atoms with van der Waals surface area (Å²) < 4.78 is 5.04. The number of terminal acetylenes is 1. The molecule has 5 nitrogen and oxygen atoms in total. The fourth-order valence-electron chi connectivity index (χ4n) is 1.69. The Morgan fingerprint density at radius 1 is 1.47 bits per heavy atom. The Labute approximate surface area is 101 Å². The van der Waals surface area contributed by atoms with Crippen molar-refractivity contribution >= 4 is 11.9 Å². The van der Waals surface area contributed by atoms with E-state index in [0.717, 1.165) is 12.8 Å². The number of rotatable bonds is 5. The number of carbonyl (C=O) groups is 2. The van der Waals surface area contributed by atoms with Crippen molar-refractivity contribution in [2.24, 2.45) is 0 Å². The van der Waals surface area contributed by atoms with E-state index in [-0.39, 0.29) is 19.1 Å². The normalized spacial score (nSPS) is 19.7. The fourth-order valence-corrected chi connectivity index (χ4v) is 1.69. The van der Waals surface area contributed by atoms with Crippen LogP contribution in [0.2, 0.25) is 0 Å². The molecule has 0 saturated carbocycles. The number of carboxylic acid groups (broad SMARTS) is 1. The Bertz CT molecular complexity index is 321. The van der Waals surface area contributed by atoms with Crippen molar-refractivity contribution in [2.75, 3.05) is 19.7 Å². The number of hydrogen-bond acceptors (Lipinski definition) is 3. The molecule has 94 valence electrons. The second-order valence-corrected chi connectivity index (χ2v) is 3.95. The van der Waals surface area contributed by atoms with Gasteiger partial charge in [-0.3, -0.25) is 4.79 Å². The van der Waals surface area contributed by atoms with Gasteiger partial charge in [-0.1, -0.05) is 0 Å². The lowest BCUT2D eigenvalue weighted by atomic mass is 10.1. The topological polar surface area (TPSA) is 66.8 Å². The van der Waals surface area contributed by atoms with Crippen LogP contribution in [0.1, 0.15) is 25.7 Å². The molecule has 5 heteroatoms. The quantitative estimate of drug-likeness (QED) is 0.560. The van der Waals surface area contributed by atoms with Crippen LogP contribution in [-0.2, 0) is 14.3 Å². The van der Waals surface area contributed by atoms with Gasteiger partial charge in [-0.25, -0.2) is 4.79 Å². The van der Waals surface area contributed by atoms with Gasteiger partial charge in [-0.2, -0.15) is 0 Å². The Balaban J connectivity index is 2.31. The number of carbonyl (C=O) groups excluding carboxylic acids is 1. The summed E-state index contributed by atoms with van der Waals surface area (Å²) in [6.45, 7) is 0.897. The molecule has 0 aromatic rings. The first-order chi connectivity index (χ1) is 8.15. The summed E-state index contributed by atoms with van der Waals surface area (Å²) in [7, 11) is 0. The van der Waals surface area contributed by atoms with Crippen LogP contribution in [0.3, 0.4) is 0 Å². The lowest BCUT2D eigenvalue weighted by Crippen LogP contribution is -2.48. The van der Waals surface area contributed by atoms with Gasteiger partial charge in [0, 0.05) is 19.4 Å². The number of ether oxygens (including phenoxy) is 1. The highest BCUT2D eigenvalue weighted by Crippen LogP contribution is 2.09. The summed E-state index contributed by atoms with van der Waals surface area (Å²) in [4.78, 5) is 24.0. The van der Waals surface area contributed by atoms with Gasteiger partial charge in [0.25, 0.3) is 0 Å². The summed E-state index contributed by atoms with van der Waals surface area (Å²) in [5.41, 5.74) is 0. The maximum absolute atomic E-state index is 11.8. The van der Waals surface area contributed by atoms with E-state index in [1.807, 2.05) is 0 Å². The molecule has 1 heterocycles. The molecule has 1 atom stereocenters. The highest BCUT2D eigenvalue weighted by atomic mass is 16.5. The zero-order valence-electron chi connectivity index (χ0n) is 9.72. The largest absolute Gasteiger partial charge is 0.479 e. The molecule has 0 aromatic carbocycles. The molecule has 0 radical (unpaired) electrons. The van der Waals surface area contributed by atoms with E-state index in [9.17, 15) is 9.59 Å². The maximum Gasteiger partial charge on any atom is 0.334 e. The average molecular weight is 239 g/mol. The number of unbranched alkanes of at least 4 members (excludes halogenated alkanes) is 2. The van der Waals surface area contributed by atoms with Crippen LogP contribution in [0.15, 0.2) is 0 Å². The van der Waals surface area contributed by atoms with Crippen LogP contribution in [0, 0.1) is 12.3 Å². The SMILES string of the molecule is C#CCCCCC(=O)N1CCOC(C(=O)O)C1. The predicted octanol–water partition coefficient (Wildman–Crippen LogP) is 0.492. The molecule has 1 aliphatic heterocycles. The summed E-state index contributed by atoms with van der Waals surface area (Å²) >= 11 is 0. The van der Waals surface area contributed by atoms with Crippen molar-refractivity contribution in [1.29, 1.82) is 0 Å². The highest BCUT2D eigenvalue weighted by molar-refractivity contribution is 5.78. The molecule has 1 amide bonds. The Kier molecular flexibility index (Phi) is 5.50. The van der Waals surface area contributed by atoms with E-state index in [4.69, 9.17) is 16.3 Å². The predicted molar refractivity (Wildman–Crippen MR) is 61.3 cm³/mol. The summed E-state index contributed by atoms with van der Waals surface area (Å²) in [5, 5.41) is 8.80. The van der Waals surface area contributed by atoms with Gasteiger partial charge in [0.2, 0.25) is 5.91 Å². The molecular weight excluding hydrogens is 222 g/mol. The van der Waals surface area contributed by atoms with Crippen molar-refractivity contribution < 1.29 is 19.4 Å². The second-order valence-electron chi connectivity index (χ2n) is 3.95. The lowest BCUT2D eigenvalue weighted by Gasteiger charge is -2.30. The summed E-state index contributed by atoms with van der Waals surface area (Å²) in [5.74, 6) is 1.48. The van der Waals surface area contributed by atoms with Gasteiger partial charge in [0.05, 0.1) is 13.2 Å². The van der Waals surface area contributed by atoms with E-state index in [1.54, 1.807) is 4.90 Å². The maximum atomic E-state index is 11.8. The minimum atomic E-state index is -1.02. The molecule has 0 spiro atoms. The van der Waals surface area contributed by atoms with E-state index in [0.29, 0.717) is 19.4 Å². The Morgan fingerprint density at radius 2 is 2.24 bits per heavy atom. The van der Waals surface area contributed by atoms with Crippen LogP contribution >= 0.6 is 0 Å². The van der Waals surface area contributed by atoms with E-state index in [1.165, 1.54) is 0 Å². The third-order valence-corrected chi connectivity index (χ3v) is 2.66. The molecule has 0 bridgehead atoms. The number of nitrogens with zero attached hydrogens (tertiary/aromatic N) is 1. The van der Waals surface area contributed by atoms with Gasteiger partial charge in [-0.05, 0) is 12.8 Å². The van der Waals surface area contributed by atoms with Crippen LogP contribution < -0.4 is 0 Å². The Morgan fingerprint density at radius 3 is 2.88 bits per heavy atom. The molecule has 1 unspecified atom stereocenters. The minimum absolute atomic E-state index is 0.0171. The monoisotopic (exact) mass is 239 g/mol. The number of morpholine rings is 1. The van der Waals surface area contributed by atoms with Crippen LogP contribution in [-0.4, -0.2) is 47.7 Å². The number of amides is 1. The van der Waals surface area contributed by atoms with Crippen molar-refractivity contribution in [3.8, 4) is 12.3 Å². The smallest absolute Gasteiger partial charge is 0.334 e. The molecular formula is C12H17NO4. The van der Waals surface area contributed by atoms with Crippen LogP contribution in [0.5, 0.6) is 0 Å². The van der Waals surface area contributed by atoms with Crippen molar-refractivity contribution in [3.63, 3.8) is 0 Å². The van der Waals surface area contributed by atoms with Gasteiger partial charge < -0.3 is 14.7 Å². The van der Waals surface area contributed by atoms with Crippen LogP contribution in [0.25, 0.3) is 0 Å². The number of hydrogen-bond donors (Lipinski definition) is 1. The lowest BCUT2D eigenvalue weighted by molar-refractivity contribution is -0.159. The van der Waals surface area contributed by atoms with E-state index >= 15 is 0 Å². The molecule has 1 fully saturated rings. The number of carboxylic acids is 1. The highest BCUT2D eigenvalue weighted by Gasteiger charge is 2.28. The molecule has 17 heavy (non-hydrogen) atoms. The molecule has 1 rings (SSSR count). The number of aliphatic carboxylic acids is 1. The molecule has 1 saturated heterocycles. The zero-order valence-corrected chi connectivity index (χ0v) is 9.72. The summed E-state index contributed by atoms with van der Waals surface area (Å²) in [6, 6.07) is 0. The van der Waals surface area contributed by atoms with Gasteiger partial charge in [0.1, 0.15) is 0 Å². The van der Waals surface area contributed by atoms with Gasteiger partial charge >= 0.3 is 5.97 Å². The third-order valence-electron chi connectivity index (χ3n) is 2.66. The van der Waals surface area contributed by atoms with E-state index in [2.05, 4.69) is 5.92 Å². The molecule has 1 N–H and O–H groups in total. The summed E-state index contributed by atoms with van der Waals surface area (Å²) in [6.07, 6.45) is 6.90. The van der Waals surface area contributed by atoms with Crippen LogP contribution in [0.4, 0.5) is 0 Å². The average Bonchev–Trinajstić information content (AvgIpc) is 2.34. The van der Waals surface area contributed by atoms with Crippen molar-refractivity contribution in [3.05, 3.63) is 0 Å².